The van der Waals surface area contributed by atoms with Gasteiger partial charge >= 0.3 is 0 Å². The molecule has 3 aliphatic rings. The summed E-state index contributed by atoms with van der Waals surface area (Å²) in [4.78, 5) is 25.3. The molecule has 25 heavy (non-hydrogen) atoms. The summed E-state index contributed by atoms with van der Waals surface area (Å²) in [6.45, 7) is 8.90. The zero-order chi connectivity index (χ0) is 18.9. The van der Waals surface area contributed by atoms with Crippen LogP contribution in [0, 0.1) is 0 Å². The molecule has 142 valence electrons. The third-order valence-corrected chi connectivity index (χ3v) is 4.85. The lowest BCUT2D eigenvalue weighted by atomic mass is 9.96. The van der Waals surface area contributed by atoms with Gasteiger partial charge in [-0.05, 0) is 60.3 Å². The number of carbonyl (C=O) groups is 2. The summed E-state index contributed by atoms with van der Waals surface area (Å²) in [5.41, 5.74) is -3.41. The third-order valence-electron chi connectivity index (χ3n) is 4.85. The van der Waals surface area contributed by atoms with Crippen LogP contribution in [0.15, 0.2) is 0 Å². The molecule has 0 aromatic rings. The van der Waals surface area contributed by atoms with Crippen LogP contribution in [-0.4, -0.2) is 56.4 Å². The molecule has 3 rings (SSSR count). The fourth-order valence-electron chi connectivity index (χ4n) is 3.29. The average Bonchev–Trinajstić information content (AvgIpc) is 3.31. The van der Waals surface area contributed by atoms with Crippen molar-refractivity contribution in [2.75, 3.05) is 0 Å². The second-order valence-electron chi connectivity index (χ2n) is 8.81. The number of hydrogen-bond donors (Lipinski definition) is 4. The zero-order valence-electron chi connectivity index (χ0n) is 15.4. The van der Waals surface area contributed by atoms with E-state index in [9.17, 15) is 19.8 Å². The molecule has 1 aliphatic heterocycles. The maximum Gasteiger partial charge on any atom is 0.283 e. The number of rotatable bonds is 3. The third kappa shape index (κ3) is 2.75. The van der Waals surface area contributed by atoms with E-state index in [0.29, 0.717) is 25.7 Å². The fourth-order valence-corrected chi connectivity index (χ4v) is 3.29. The Bertz CT molecular complexity index is 605. The Labute approximate surface area is 147 Å². The van der Waals surface area contributed by atoms with Crippen molar-refractivity contribution in [3.63, 3.8) is 0 Å². The van der Waals surface area contributed by atoms with Crippen LogP contribution in [0.25, 0.3) is 0 Å². The zero-order valence-corrected chi connectivity index (χ0v) is 15.4. The molecule has 4 N–H and O–H groups in total. The summed E-state index contributed by atoms with van der Waals surface area (Å²) in [5, 5.41) is 27.4. The highest BCUT2D eigenvalue weighted by Gasteiger charge is 2.82. The highest BCUT2D eigenvalue weighted by molar-refractivity contribution is 5.89. The van der Waals surface area contributed by atoms with Crippen molar-refractivity contribution in [2.24, 2.45) is 0 Å². The number of nitrogens with one attached hydrogen (secondary N) is 2. The molecule has 1 saturated heterocycles. The molecule has 0 aromatic carbocycles. The van der Waals surface area contributed by atoms with Crippen molar-refractivity contribution < 1.29 is 29.3 Å². The van der Waals surface area contributed by atoms with E-state index in [1.807, 2.05) is 0 Å². The van der Waals surface area contributed by atoms with Crippen LogP contribution in [0.4, 0.5) is 0 Å². The molecule has 2 saturated carbocycles. The van der Waals surface area contributed by atoms with Crippen LogP contribution in [0.3, 0.4) is 0 Å². The first-order chi connectivity index (χ1) is 11.3. The Morgan fingerprint density at radius 3 is 1.64 bits per heavy atom. The topological polar surface area (TPSA) is 117 Å². The molecule has 0 unspecified atom stereocenters. The van der Waals surface area contributed by atoms with E-state index in [1.165, 1.54) is 0 Å². The van der Waals surface area contributed by atoms with Crippen LogP contribution >= 0.6 is 0 Å². The number of hydrogen-bond acceptors (Lipinski definition) is 6. The van der Waals surface area contributed by atoms with Crippen LogP contribution < -0.4 is 10.6 Å². The van der Waals surface area contributed by atoms with E-state index >= 15 is 0 Å². The summed E-state index contributed by atoms with van der Waals surface area (Å²) in [5.74, 6) is -5.87. The number of aliphatic hydroxyl groups is 2. The molecule has 2 atom stereocenters. The van der Waals surface area contributed by atoms with Gasteiger partial charge in [0.1, 0.15) is 11.2 Å². The molecule has 8 heteroatoms. The Hall–Kier alpha value is -1.22. The van der Waals surface area contributed by atoms with Gasteiger partial charge in [-0.3, -0.25) is 9.59 Å². The molecule has 8 nitrogen and oxygen atoms in total. The van der Waals surface area contributed by atoms with Gasteiger partial charge in [-0.25, -0.2) is 0 Å². The van der Waals surface area contributed by atoms with Crippen LogP contribution in [0.2, 0.25) is 0 Å². The predicted molar refractivity (Wildman–Crippen MR) is 87.2 cm³/mol. The summed E-state index contributed by atoms with van der Waals surface area (Å²) >= 11 is 0. The maximum atomic E-state index is 12.7. The normalized spacial score (nSPS) is 34.9. The lowest BCUT2D eigenvalue weighted by Crippen LogP contribution is -2.75. The Kier molecular flexibility index (Phi) is 3.83. The molecule has 2 aliphatic carbocycles. The standard InChI is InChI=1S/C17H28N2O6/c1-10(2)18-11(20)16(22)14(6-7-14)25-17(23,15(24-16)8-9-15)12(21)19-13(3,4)5/h10,22-23H,6-9H2,1-5H3,(H,18,20)(H,19,21)/t16-,17+/m0/s1. The van der Waals surface area contributed by atoms with Gasteiger partial charge in [0.15, 0.2) is 0 Å². The van der Waals surface area contributed by atoms with Gasteiger partial charge in [-0.1, -0.05) is 0 Å². The van der Waals surface area contributed by atoms with E-state index < -0.39 is 40.1 Å². The first-order valence-electron chi connectivity index (χ1n) is 8.78. The number of carbonyl (C=O) groups excluding carboxylic acids is 2. The second kappa shape index (κ2) is 5.16. The Balaban J connectivity index is 1.91. The summed E-state index contributed by atoms with van der Waals surface area (Å²) in [6.07, 6.45) is 1.26. The quantitative estimate of drug-likeness (QED) is 0.562. The molecular weight excluding hydrogens is 328 g/mol. The maximum absolute atomic E-state index is 12.7. The minimum Gasteiger partial charge on any atom is -0.356 e. The summed E-state index contributed by atoms with van der Waals surface area (Å²) < 4.78 is 11.6. The molecule has 2 spiro atoms. The van der Waals surface area contributed by atoms with Crippen LogP contribution in [0.5, 0.6) is 0 Å². The summed E-state index contributed by atoms with van der Waals surface area (Å²) in [7, 11) is 0. The Morgan fingerprint density at radius 2 is 1.32 bits per heavy atom. The van der Waals surface area contributed by atoms with E-state index in [0.717, 1.165) is 0 Å². The number of amides is 2. The molecule has 2 amide bonds. The lowest BCUT2D eigenvalue weighted by molar-refractivity contribution is -0.415. The van der Waals surface area contributed by atoms with Crippen molar-refractivity contribution in [3.8, 4) is 0 Å². The van der Waals surface area contributed by atoms with Crippen molar-refractivity contribution in [1.29, 1.82) is 0 Å². The van der Waals surface area contributed by atoms with Crippen LogP contribution in [-0.2, 0) is 19.1 Å². The first-order valence-corrected chi connectivity index (χ1v) is 8.78. The van der Waals surface area contributed by atoms with Crippen molar-refractivity contribution in [1.82, 2.24) is 10.6 Å². The predicted octanol–water partition coefficient (Wildman–Crippen LogP) is -0.0851. The molecule has 0 aromatic heterocycles. The van der Waals surface area contributed by atoms with Gasteiger partial charge in [0, 0.05) is 11.6 Å². The van der Waals surface area contributed by atoms with E-state index in [2.05, 4.69) is 10.6 Å². The smallest absolute Gasteiger partial charge is 0.283 e. The largest absolute Gasteiger partial charge is 0.356 e. The minimum absolute atomic E-state index is 0.198. The van der Waals surface area contributed by atoms with Crippen LogP contribution in [0.1, 0.15) is 60.3 Å². The van der Waals surface area contributed by atoms with Gasteiger partial charge in [-0.2, -0.15) is 0 Å². The highest BCUT2D eigenvalue weighted by atomic mass is 16.8. The highest BCUT2D eigenvalue weighted by Crippen LogP contribution is 2.64. The SMILES string of the molecule is CC(C)NC(=O)[C@]1(O)OC2(CC2)[C@@](O)(C(=O)NC(C)(C)C)OC12CC2. The first kappa shape index (κ1) is 18.6. The van der Waals surface area contributed by atoms with Gasteiger partial charge in [0.05, 0.1) is 0 Å². The molecule has 0 radical (unpaired) electrons. The van der Waals surface area contributed by atoms with E-state index in [-0.39, 0.29) is 6.04 Å². The van der Waals surface area contributed by atoms with Gasteiger partial charge in [0.25, 0.3) is 23.4 Å². The van der Waals surface area contributed by atoms with Crippen molar-refractivity contribution in [2.45, 2.75) is 94.7 Å². The fraction of sp³-hybridized carbons (Fsp3) is 0.882. The molecule has 3 fully saturated rings. The van der Waals surface area contributed by atoms with Crippen molar-refractivity contribution in [3.05, 3.63) is 0 Å². The molecular formula is C17H28N2O6. The second-order valence-corrected chi connectivity index (χ2v) is 8.81. The van der Waals surface area contributed by atoms with Crippen molar-refractivity contribution >= 4 is 11.8 Å². The van der Waals surface area contributed by atoms with Gasteiger partial charge in [-0.15, -0.1) is 0 Å². The lowest BCUT2D eigenvalue weighted by Gasteiger charge is -2.50. The number of ether oxygens (including phenoxy) is 2. The van der Waals surface area contributed by atoms with Gasteiger partial charge < -0.3 is 30.3 Å². The Morgan fingerprint density at radius 1 is 0.920 bits per heavy atom. The monoisotopic (exact) mass is 356 g/mol. The van der Waals surface area contributed by atoms with E-state index in [4.69, 9.17) is 9.47 Å². The van der Waals surface area contributed by atoms with Gasteiger partial charge in [0.2, 0.25) is 0 Å². The molecule has 1 heterocycles. The molecule has 0 bridgehead atoms. The minimum atomic E-state index is -2.23. The summed E-state index contributed by atoms with van der Waals surface area (Å²) in [6, 6.07) is -0.198. The average molecular weight is 356 g/mol. The van der Waals surface area contributed by atoms with E-state index in [1.54, 1.807) is 34.6 Å².